The van der Waals surface area contributed by atoms with Crippen LogP contribution in [0, 0.1) is 0 Å². The first-order chi connectivity index (χ1) is 8.72. The summed E-state index contributed by atoms with van der Waals surface area (Å²) in [5, 5.41) is 22.4. The monoisotopic (exact) mass is 252 g/mol. The highest BCUT2D eigenvalue weighted by Gasteiger charge is 2.21. The lowest BCUT2D eigenvalue weighted by atomic mass is 10.1. The molecule has 1 amide bonds. The molecule has 1 aromatic heterocycles. The number of aromatic amines is 1. The van der Waals surface area contributed by atoms with E-state index in [4.69, 9.17) is 0 Å². The fraction of sp³-hybridized carbons (Fsp3) is 0.667. The van der Waals surface area contributed by atoms with Crippen LogP contribution >= 0.6 is 0 Å². The molecule has 1 aromatic rings. The second kappa shape index (κ2) is 5.97. The highest BCUT2D eigenvalue weighted by Crippen LogP contribution is 2.14. The van der Waals surface area contributed by atoms with E-state index in [0.29, 0.717) is 31.6 Å². The second-order valence-corrected chi connectivity index (χ2v) is 4.56. The van der Waals surface area contributed by atoms with Crippen LogP contribution in [0.15, 0.2) is 0 Å². The maximum atomic E-state index is 11.9. The van der Waals surface area contributed by atoms with Crippen molar-refractivity contribution in [3.05, 3.63) is 17.0 Å². The van der Waals surface area contributed by atoms with E-state index in [0.717, 1.165) is 24.2 Å². The van der Waals surface area contributed by atoms with E-state index in [-0.39, 0.29) is 12.0 Å². The minimum absolute atomic E-state index is 0.167. The molecule has 6 nitrogen and oxygen atoms in total. The summed E-state index contributed by atoms with van der Waals surface area (Å²) >= 11 is 0. The van der Waals surface area contributed by atoms with Crippen LogP contribution < -0.4 is 10.6 Å². The zero-order valence-corrected chi connectivity index (χ0v) is 10.6. The van der Waals surface area contributed by atoms with E-state index in [2.05, 4.69) is 20.8 Å². The van der Waals surface area contributed by atoms with E-state index >= 15 is 0 Å². The number of carbonyl (C=O) groups is 1. The van der Waals surface area contributed by atoms with Crippen LogP contribution in [-0.4, -0.2) is 40.4 Å². The number of hydrogen-bond acceptors (Lipinski definition) is 4. The predicted molar refractivity (Wildman–Crippen MR) is 67.2 cm³/mol. The maximum Gasteiger partial charge on any atom is 0.272 e. The van der Waals surface area contributed by atoms with Crippen molar-refractivity contribution in [3.63, 3.8) is 0 Å². The number of amides is 1. The molecule has 4 N–H and O–H groups in total. The number of nitrogens with zero attached hydrogens (tertiary/aromatic N) is 1. The largest absolute Gasteiger partial charge is 0.393 e. The topological polar surface area (TPSA) is 90.0 Å². The standard InChI is InChI=1S/C12H20N4O2/c1-2-8(17)3-6-14-12(18)11-9-7-13-5-4-10(9)15-16-11/h8,13,17H,2-7H2,1H3,(H,14,18)(H,15,16). The first kappa shape index (κ1) is 13.0. The lowest BCUT2D eigenvalue weighted by molar-refractivity contribution is 0.0936. The highest BCUT2D eigenvalue weighted by molar-refractivity contribution is 5.94. The molecule has 0 aromatic carbocycles. The number of aliphatic hydroxyl groups is 1. The summed E-state index contributed by atoms with van der Waals surface area (Å²) in [4.78, 5) is 11.9. The second-order valence-electron chi connectivity index (χ2n) is 4.56. The quantitative estimate of drug-likeness (QED) is 0.591. The van der Waals surface area contributed by atoms with Gasteiger partial charge in [-0.3, -0.25) is 9.89 Å². The van der Waals surface area contributed by atoms with Crippen molar-refractivity contribution in [2.24, 2.45) is 0 Å². The number of carbonyl (C=O) groups excluding carboxylic acids is 1. The van der Waals surface area contributed by atoms with Gasteiger partial charge in [0.15, 0.2) is 5.69 Å². The van der Waals surface area contributed by atoms with Gasteiger partial charge in [0.05, 0.1) is 6.10 Å². The van der Waals surface area contributed by atoms with E-state index in [1.165, 1.54) is 0 Å². The highest BCUT2D eigenvalue weighted by atomic mass is 16.3. The third-order valence-electron chi connectivity index (χ3n) is 3.26. The van der Waals surface area contributed by atoms with Crippen molar-refractivity contribution in [2.45, 2.75) is 38.8 Å². The van der Waals surface area contributed by atoms with E-state index in [1.54, 1.807) is 0 Å². The molecule has 18 heavy (non-hydrogen) atoms. The van der Waals surface area contributed by atoms with Gasteiger partial charge in [-0.15, -0.1) is 0 Å². The maximum absolute atomic E-state index is 11.9. The molecule has 0 aliphatic carbocycles. The van der Waals surface area contributed by atoms with Crippen LogP contribution in [0.1, 0.15) is 41.5 Å². The zero-order valence-electron chi connectivity index (χ0n) is 10.6. The fourth-order valence-electron chi connectivity index (χ4n) is 2.05. The molecule has 1 atom stereocenters. The van der Waals surface area contributed by atoms with Crippen molar-refractivity contribution in [1.29, 1.82) is 0 Å². The fourth-order valence-corrected chi connectivity index (χ4v) is 2.05. The Balaban J connectivity index is 1.91. The minimum Gasteiger partial charge on any atom is -0.393 e. The van der Waals surface area contributed by atoms with Gasteiger partial charge in [-0.25, -0.2) is 0 Å². The summed E-state index contributed by atoms with van der Waals surface area (Å²) in [5.74, 6) is -0.167. The molecule has 0 spiro atoms. The molecule has 0 bridgehead atoms. The number of H-pyrrole nitrogens is 1. The van der Waals surface area contributed by atoms with Crippen LogP contribution in [0.25, 0.3) is 0 Å². The van der Waals surface area contributed by atoms with Crippen molar-refractivity contribution < 1.29 is 9.90 Å². The number of nitrogens with one attached hydrogen (secondary N) is 3. The number of rotatable bonds is 5. The van der Waals surface area contributed by atoms with Gasteiger partial charge in [0, 0.05) is 37.3 Å². The van der Waals surface area contributed by atoms with Crippen LogP contribution in [0.3, 0.4) is 0 Å². The van der Waals surface area contributed by atoms with Crippen molar-refractivity contribution >= 4 is 5.91 Å². The molecule has 0 fully saturated rings. The summed E-state index contributed by atoms with van der Waals surface area (Å²) in [6.45, 7) is 4.00. The molecule has 6 heteroatoms. The van der Waals surface area contributed by atoms with Crippen LogP contribution in [0.2, 0.25) is 0 Å². The van der Waals surface area contributed by atoms with E-state index in [9.17, 15) is 9.90 Å². The SMILES string of the molecule is CCC(O)CCNC(=O)c1n[nH]c2c1CNCC2. The molecule has 1 unspecified atom stereocenters. The smallest absolute Gasteiger partial charge is 0.272 e. The molecular formula is C12H20N4O2. The normalized spacial score (nSPS) is 16.1. The Labute approximate surface area is 106 Å². The average molecular weight is 252 g/mol. The van der Waals surface area contributed by atoms with Crippen molar-refractivity contribution in [1.82, 2.24) is 20.8 Å². The molecule has 2 heterocycles. The average Bonchev–Trinajstić information content (AvgIpc) is 2.82. The van der Waals surface area contributed by atoms with Gasteiger partial charge in [0.2, 0.25) is 0 Å². The van der Waals surface area contributed by atoms with Crippen molar-refractivity contribution in [2.75, 3.05) is 13.1 Å². The van der Waals surface area contributed by atoms with Crippen LogP contribution in [-0.2, 0) is 13.0 Å². The molecule has 1 aliphatic heterocycles. The van der Waals surface area contributed by atoms with Gasteiger partial charge in [-0.05, 0) is 12.8 Å². The Morgan fingerprint density at radius 1 is 1.61 bits per heavy atom. The Morgan fingerprint density at radius 2 is 2.44 bits per heavy atom. The van der Waals surface area contributed by atoms with E-state index in [1.807, 2.05) is 6.92 Å². The Hall–Kier alpha value is -1.40. The number of fused-ring (bicyclic) bond motifs is 1. The minimum atomic E-state index is -0.347. The van der Waals surface area contributed by atoms with Crippen LogP contribution in [0.4, 0.5) is 0 Å². The van der Waals surface area contributed by atoms with E-state index < -0.39 is 0 Å². The summed E-state index contributed by atoms with van der Waals surface area (Å²) in [7, 11) is 0. The summed E-state index contributed by atoms with van der Waals surface area (Å²) in [6, 6.07) is 0. The summed E-state index contributed by atoms with van der Waals surface area (Å²) < 4.78 is 0. The van der Waals surface area contributed by atoms with Crippen LogP contribution in [0.5, 0.6) is 0 Å². The first-order valence-electron chi connectivity index (χ1n) is 6.45. The molecular weight excluding hydrogens is 232 g/mol. The summed E-state index contributed by atoms with van der Waals surface area (Å²) in [6.07, 6.45) is 1.81. The first-order valence-corrected chi connectivity index (χ1v) is 6.45. The Bertz CT molecular complexity index is 416. The lowest BCUT2D eigenvalue weighted by Gasteiger charge is -2.13. The van der Waals surface area contributed by atoms with Crippen molar-refractivity contribution in [3.8, 4) is 0 Å². The van der Waals surface area contributed by atoms with Gasteiger partial charge < -0.3 is 15.7 Å². The molecule has 2 rings (SSSR count). The third-order valence-corrected chi connectivity index (χ3v) is 3.26. The zero-order chi connectivity index (χ0) is 13.0. The van der Waals surface area contributed by atoms with Gasteiger partial charge >= 0.3 is 0 Å². The Morgan fingerprint density at radius 3 is 3.22 bits per heavy atom. The Kier molecular flexibility index (Phi) is 4.33. The predicted octanol–water partition coefficient (Wildman–Crippen LogP) is -0.0538. The van der Waals surface area contributed by atoms with Gasteiger partial charge in [-0.2, -0.15) is 5.10 Å². The number of hydrogen-bond donors (Lipinski definition) is 4. The molecule has 100 valence electrons. The lowest BCUT2D eigenvalue weighted by Crippen LogP contribution is -2.30. The number of aliphatic hydroxyl groups excluding tert-OH is 1. The van der Waals surface area contributed by atoms with Gasteiger partial charge in [0.25, 0.3) is 5.91 Å². The van der Waals surface area contributed by atoms with Gasteiger partial charge in [-0.1, -0.05) is 6.92 Å². The molecule has 0 saturated carbocycles. The number of aromatic nitrogens is 2. The van der Waals surface area contributed by atoms with Gasteiger partial charge in [0.1, 0.15) is 0 Å². The molecule has 0 radical (unpaired) electrons. The molecule has 0 saturated heterocycles. The summed E-state index contributed by atoms with van der Waals surface area (Å²) in [5.41, 5.74) is 2.49. The third kappa shape index (κ3) is 2.88. The molecule has 1 aliphatic rings.